The van der Waals surface area contributed by atoms with Crippen molar-refractivity contribution in [2.45, 2.75) is 78.1 Å². The normalized spacial score (nSPS) is 18.4. The van der Waals surface area contributed by atoms with E-state index in [-0.39, 0.29) is 0 Å². The highest BCUT2D eigenvalue weighted by Crippen LogP contribution is 2.34. The minimum atomic E-state index is 0.960. The summed E-state index contributed by atoms with van der Waals surface area (Å²) in [6.07, 6.45) is 14.9. The number of hydrogen-bond acceptors (Lipinski definition) is 0. The van der Waals surface area contributed by atoms with Crippen LogP contribution in [0.3, 0.4) is 0 Å². The van der Waals surface area contributed by atoms with Crippen molar-refractivity contribution in [3.8, 4) is 0 Å². The second kappa shape index (κ2) is 7.31. The molecule has 0 spiro atoms. The molecule has 14 heavy (non-hydrogen) atoms. The zero-order chi connectivity index (χ0) is 10.2. The summed E-state index contributed by atoms with van der Waals surface area (Å²) in [5.41, 5.74) is 0. The Morgan fingerprint density at radius 2 is 1.64 bits per heavy atom. The Bertz CT molecular complexity index is 124. The van der Waals surface area contributed by atoms with E-state index in [1.165, 1.54) is 64.2 Å². The Morgan fingerprint density at radius 3 is 2.29 bits per heavy atom. The Kier molecular flexibility index (Phi) is 6.31. The van der Waals surface area contributed by atoms with Crippen LogP contribution in [0.25, 0.3) is 0 Å². The molecule has 0 N–H and O–H groups in total. The average Bonchev–Trinajstić information content (AvgIpc) is 2.99. The predicted octanol–water partition coefficient (Wildman–Crippen LogP) is 5.17. The Hall–Kier alpha value is 0. The third-order valence-corrected chi connectivity index (χ3v) is 3.70. The molecule has 1 rings (SSSR count). The van der Waals surface area contributed by atoms with Gasteiger partial charge in [0.1, 0.15) is 0 Å². The first-order valence-electron chi connectivity index (χ1n) is 6.83. The smallest absolute Gasteiger partial charge is 0.0414 e. The standard InChI is InChI=1S/C14H28/c1-3-13(2)9-7-5-4-6-8-10-14-11-12-14/h13-14H,3-12H2,1-2H3. The topological polar surface area (TPSA) is 0 Å². The van der Waals surface area contributed by atoms with Crippen LogP contribution in [-0.4, -0.2) is 0 Å². The van der Waals surface area contributed by atoms with Crippen molar-refractivity contribution in [2.75, 3.05) is 0 Å². The molecule has 0 nitrogen and oxygen atoms in total. The van der Waals surface area contributed by atoms with Gasteiger partial charge in [-0.3, -0.25) is 0 Å². The molecule has 1 aliphatic carbocycles. The summed E-state index contributed by atoms with van der Waals surface area (Å²) in [5.74, 6) is 2.11. The van der Waals surface area contributed by atoms with E-state index in [0.29, 0.717) is 0 Å². The summed E-state index contributed by atoms with van der Waals surface area (Å²) >= 11 is 0. The fourth-order valence-corrected chi connectivity index (χ4v) is 2.07. The van der Waals surface area contributed by atoms with Crippen LogP contribution in [-0.2, 0) is 0 Å². The van der Waals surface area contributed by atoms with Gasteiger partial charge < -0.3 is 0 Å². The molecule has 84 valence electrons. The third kappa shape index (κ3) is 6.45. The maximum Gasteiger partial charge on any atom is -0.0414 e. The first-order chi connectivity index (χ1) is 6.83. The SMILES string of the molecule is CCC(C)CCCCCCCC1CC1. The molecule has 0 aliphatic heterocycles. The molecule has 0 heterocycles. The third-order valence-electron chi connectivity index (χ3n) is 3.70. The quantitative estimate of drug-likeness (QED) is 0.446. The molecule has 1 aliphatic rings. The summed E-state index contributed by atoms with van der Waals surface area (Å²) in [5, 5.41) is 0. The molecule has 1 unspecified atom stereocenters. The van der Waals surface area contributed by atoms with Crippen molar-refractivity contribution in [3.05, 3.63) is 0 Å². The lowest BCUT2D eigenvalue weighted by molar-refractivity contribution is 0.469. The van der Waals surface area contributed by atoms with Crippen molar-refractivity contribution in [2.24, 2.45) is 11.8 Å². The fraction of sp³-hybridized carbons (Fsp3) is 1.00. The van der Waals surface area contributed by atoms with E-state index in [9.17, 15) is 0 Å². The minimum Gasteiger partial charge on any atom is -0.0651 e. The first kappa shape index (κ1) is 12.1. The van der Waals surface area contributed by atoms with Crippen molar-refractivity contribution >= 4 is 0 Å². The average molecular weight is 196 g/mol. The van der Waals surface area contributed by atoms with Crippen LogP contribution < -0.4 is 0 Å². The van der Waals surface area contributed by atoms with Gasteiger partial charge in [-0.1, -0.05) is 78.1 Å². The van der Waals surface area contributed by atoms with Gasteiger partial charge in [-0.15, -0.1) is 0 Å². The monoisotopic (exact) mass is 196 g/mol. The van der Waals surface area contributed by atoms with E-state index in [1.54, 1.807) is 0 Å². The lowest BCUT2D eigenvalue weighted by Gasteiger charge is -2.07. The molecule has 0 saturated heterocycles. The summed E-state index contributed by atoms with van der Waals surface area (Å²) < 4.78 is 0. The van der Waals surface area contributed by atoms with Crippen LogP contribution in [0.1, 0.15) is 78.1 Å². The van der Waals surface area contributed by atoms with Gasteiger partial charge in [0.25, 0.3) is 0 Å². The highest BCUT2D eigenvalue weighted by atomic mass is 14.3. The molecular formula is C14H28. The van der Waals surface area contributed by atoms with Gasteiger partial charge in [-0.05, 0) is 11.8 Å². The van der Waals surface area contributed by atoms with E-state index >= 15 is 0 Å². The molecule has 1 fully saturated rings. The van der Waals surface area contributed by atoms with Crippen LogP contribution in [0.2, 0.25) is 0 Å². The molecule has 1 saturated carbocycles. The predicted molar refractivity (Wildman–Crippen MR) is 64.5 cm³/mol. The molecule has 0 aromatic rings. The summed E-state index contributed by atoms with van der Waals surface area (Å²) in [4.78, 5) is 0. The van der Waals surface area contributed by atoms with Crippen LogP contribution in [0.15, 0.2) is 0 Å². The second-order valence-electron chi connectivity index (χ2n) is 5.30. The molecular weight excluding hydrogens is 168 g/mol. The van der Waals surface area contributed by atoms with Crippen molar-refractivity contribution in [1.29, 1.82) is 0 Å². The highest BCUT2D eigenvalue weighted by molar-refractivity contribution is 4.72. The lowest BCUT2D eigenvalue weighted by atomic mass is 10.00. The molecule has 0 aromatic heterocycles. The lowest BCUT2D eigenvalue weighted by Crippen LogP contribution is -1.91. The van der Waals surface area contributed by atoms with Crippen molar-refractivity contribution in [1.82, 2.24) is 0 Å². The Morgan fingerprint density at radius 1 is 1.00 bits per heavy atom. The summed E-state index contributed by atoms with van der Waals surface area (Å²) in [6.45, 7) is 4.69. The Labute approximate surface area is 90.5 Å². The summed E-state index contributed by atoms with van der Waals surface area (Å²) in [7, 11) is 0. The van der Waals surface area contributed by atoms with Gasteiger partial charge in [0.2, 0.25) is 0 Å². The number of hydrogen-bond donors (Lipinski definition) is 0. The molecule has 1 atom stereocenters. The molecule has 0 bridgehead atoms. The molecule has 0 aromatic carbocycles. The second-order valence-corrected chi connectivity index (χ2v) is 5.30. The molecule has 0 radical (unpaired) electrons. The van der Waals surface area contributed by atoms with Gasteiger partial charge in [-0.25, -0.2) is 0 Å². The van der Waals surface area contributed by atoms with Gasteiger partial charge in [-0.2, -0.15) is 0 Å². The van der Waals surface area contributed by atoms with E-state index in [1.807, 2.05) is 0 Å². The Balaban J connectivity index is 1.70. The van der Waals surface area contributed by atoms with Gasteiger partial charge in [0.15, 0.2) is 0 Å². The maximum atomic E-state index is 2.38. The zero-order valence-electron chi connectivity index (χ0n) is 10.2. The van der Waals surface area contributed by atoms with Gasteiger partial charge in [0.05, 0.1) is 0 Å². The van der Waals surface area contributed by atoms with Crippen molar-refractivity contribution < 1.29 is 0 Å². The molecule has 0 heteroatoms. The minimum absolute atomic E-state index is 0.960. The van der Waals surface area contributed by atoms with Crippen LogP contribution >= 0.6 is 0 Å². The largest absolute Gasteiger partial charge is 0.0651 e. The van der Waals surface area contributed by atoms with Gasteiger partial charge >= 0.3 is 0 Å². The summed E-state index contributed by atoms with van der Waals surface area (Å²) in [6, 6.07) is 0. The number of unbranched alkanes of at least 4 members (excludes halogenated alkanes) is 4. The zero-order valence-corrected chi connectivity index (χ0v) is 10.2. The van der Waals surface area contributed by atoms with E-state index in [4.69, 9.17) is 0 Å². The fourth-order valence-electron chi connectivity index (χ4n) is 2.07. The highest BCUT2D eigenvalue weighted by Gasteiger charge is 2.19. The molecule has 0 amide bonds. The first-order valence-corrected chi connectivity index (χ1v) is 6.83. The van der Waals surface area contributed by atoms with Crippen molar-refractivity contribution in [3.63, 3.8) is 0 Å². The van der Waals surface area contributed by atoms with Crippen LogP contribution in [0.4, 0.5) is 0 Å². The van der Waals surface area contributed by atoms with E-state index in [0.717, 1.165) is 11.8 Å². The van der Waals surface area contributed by atoms with Crippen LogP contribution in [0.5, 0.6) is 0 Å². The van der Waals surface area contributed by atoms with E-state index < -0.39 is 0 Å². The van der Waals surface area contributed by atoms with Crippen LogP contribution in [0, 0.1) is 11.8 Å². The van der Waals surface area contributed by atoms with E-state index in [2.05, 4.69) is 13.8 Å². The maximum absolute atomic E-state index is 2.38. The number of rotatable bonds is 9. The van der Waals surface area contributed by atoms with Gasteiger partial charge in [0, 0.05) is 0 Å².